The number of hydrogen-bond donors (Lipinski definition) is 7. The molecule has 0 bridgehead atoms. The van der Waals surface area contributed by atoms with E-state index in [1.807, 2.05) is 0 Å². The summed E-state index contributed by atoms with van der Waals surface area (Å²) in [4.78, 5) is 25.7. The van der Waals surface area contributed by atoms with E-state index in [-0.39, 0.29) is 26.1 Å². The molecule has 11 atom stereocenters. The lowest BCUT2D eigenvalue weighted by Gasteiger charge is -2.42. The van der Waals surface area contributed by atoms with Crippen molar-refractivity contribution in [2.24, 2.45) is 0 Å². The molecule has 2 aliphatic heterocycles. The zero-order valence-corrected chi connectivity index (χ0v) is 39.5. The number of hydrogen-bond acceptors (Lipinski definition) is 15. The van der Waals surface area contributed by atoms with Crippen molar-refractivity contribution in [1.82, 2.24) is 0 Å². The third-order valence-corrected chi connectivity index (χ3v) is 12.2. The summed E-state index contributed by atoms with van der Waals surface area (Å²) in [6.07, 6.45) is 18.1. The maximum absolute atomic E-state index is 13.0. The molecule has 11 unspecified atom stereocenters. The fourth-order valence-electron chi connectivity index (χ4n) is 8.04. The largest absolute Gasteiger partial charge is 0.462 e. The normalized spacial score (nSPS) is 26.6. The van der Waals surface area contributed by atoms with Gasteiger partial charge in [0.1, 0.15) is 55.4 Å². The molecule has 0 saturated carbocycles. The van der Waals surface area contributed by atoms with Gasteiger partial charge in [0.15, 0.2) is 18.7 Å². The molecule has 64 heavy (non-hydrogen) atoms. The van der Waals surface area contributed by atoms with Crippen LogP contribution in [0.4, 0.5) is 0 Å². The van der Waals surface area contributed by atoms with Crippen LogP contribution in [0.5, 0.6) is 0 Å². The van der Waals surface area contributed by atoms with Gasteiger partial charge in [-0.2, -0.15) is 0 Å². The molecule has 2 rings (SSSR count). The molecule has 376 valence electrons. The summed E-state index contributed by atoms with van der Waals surface area (Å²) in [6, 6.07) is 0. The first kappa shape index (κ1) is 58.4. The summed E-state index contributed by atoms with van der Waals surface area (Å²) in [5.74, 6) is -0.926. The number of unbranched alkanes of at least 4 members (excludes halogenated alkanes) is 23. The van der Waals surface area contributed by atoms with Gasteiger partial charge in [0, 0.05) is 12.8 Å². The first-order chi connectivity index (χ1) is 31.0. The van der Waals surface area contributed by atoms with E-state index in [4.69, 9.17) is 28.4 Å². The fraction of sp³-hybridized carbons (Fsp3) is 0.918. The molecule has 7 N–H and O–H groups in total. The lowest BCUT2D eigenvalue weighted by Crippen LogP contribution is -2.61. The van der Waals surface area contributed by atoms with Crippen LogP contribution in [0.3, 0.4) is 0 Å². The highest BCUT2D eigenvalue weighted by molar-refractivity contribution is 5.70. The highest BCUT2D eigenvalue weighted by atomic mass is 16.7. The maximum Gasteiger partial charge on any atom is 0.306 e. The van der Waals surface area contributed by atoms with Crippen LogP contribution in [-0.4, -0.2) is 142 Å². The Morgan fingerprint density at radius 1 is 0.484 bits per heavy atom. The molecular formula is C49H90O15. The molecule has 0 aliphatic carbocycles. The van der Waals surface area contributed by atoms with Crippen LogP contribution >= 0.6 is 0 Å². The van der Waals surface area contributed by atoms with Crippen LogP contribution in [0.25, 0.3) is 0 Å². The van der Waals surface area contributed by atoms with Gasteiger partial charge >= 0.3 is 11.9 Å². The Hall–Kier alpha value is -1.76. The van der Waals surface area contributed by atoms with Gasteiger partial charge in [-0.25, -0.2) is 0 Å². The van der Waals surface area contributed by atoms with Gasteiger partial charge < -0.3 is 64.2 Å². The summed E-state index contributed by atoms with van der Waals surface area (Å²) in [5, 5.41) is 72.0. The number of esters is 2. The van der Waals surface area contributed by atoms with Crippen molar-refractivity contribution in [3.05, 3.63) is 12.2 Å². The molecular weight excluding hydrogens is 829 g/mol. The van der Waals surface area contributed by atoms with Crippen molar-refractivity contribution >= 4 is 11.9 Å². The lowest BCUT2D eigenvalue weighted by molar-refractivity contribution is -0.332. The minimum absolute atomic E-state index is 0.159. The average molecular weight is 919 g/mol. The minimum Gasteiger partial charge on any atom is -0.462 e. The molecule has 15 heteroatoms. The van der Waals surface area contributed by atoms with E-state index >= 15 is 0 Å². The molecule has 2 heterocycles. The van der Waals surface area contributed by atoms with Crippen molar-refractivity contribution in [3.63, 3.8) is 0 Å². The van der Waals surface area contributed by atoms with E-state index in [1.165, 1.54) is 96.3 Å². The van der Waals surface area contributed by atoms with Gasteiger partial charge in [-0.1, -0.05) is 154 Å². The van der Waals surface area contributed by atoms with E-state index in [1.54, 1.807) is 0 Å². The Kier molecular flexibility index (Phi) is 34.0. The van der Waals surface area contributed by atoms with E-state index in [9.17, 15) is 45.3 Å². The monoisotopic (exact) mass is 919 g/mol. The number of ether oxygens (including phenoxy) is 6. The number of aliphatic hydroxyl groups is 7. The third kappa shape index (κ3) is 25.4. The van der Waals surface area contributed by atoms with E-state index in [0.29, 0.717) is 12.8 Å². The quantitative estimate of drug-likeness (QED) is 0.0196. The molecule has 0 radical (unpaired) electrons. The molecule has 2 fully saturated rings. The molecule has 0 amide bonds. The van der Waals surface area contributed by atoms with Crippen LogP contribution in [-0.2, 0) is 38.0 Å². The number of aliphatic hydroxyl groups excluding tert-OH is 7. The molecule has 2 saturated heterocycles. The zero-order valence-electron chi connectivity index (χ0n) is 39.5. The van der Waals surface area contributed by atoms with Gasteiger partial charge in [0.2, 0.25) is 0 Å². The summed E-state index contributed by atoms with van der Waals surface area (Å²) in [7, 11) is 0. The predicted octanol–water partition coefficient (Wildman–Crippen LogP) is 6.60. The smallest absolute Gasteiger partial charge is 0.306 e. The molecule has 15 nitrogen and oxygen atoms in total. The van der Waals surface area contributed by atoms with Crippen molar-refractivity contribution < 1.29 is 73.8 Å². The Labute approximate surface area is 384 Å². The Morgan fingerprint density at radius 2 is 0.891 bits per heavy atom. The molecule has 2 aliphatic rings. The van der Waals surface area contributed by atoms with E-state index < -0.39 is 92.7 Å². The molecule has 0 aromatic rings. The summed E-state index contributed by atoms with van der Waals surface area (Å²) < 4.78 is 33.5. The second-order valence-corrected chi connectivity index (χ2v) is 18.0. The molecule has 0 spiro atoms. The van der Waals surface area contributed by atoms with Crippen molar-refractivity contribution in [2.45, 2.75) is 261 Å². The first-order valence-electron chi connectivity index (χ1n) is 25.3. The first-order valence-corrected chi connectivity index (χ1v) is 25.3. The zero-order chi connectivity index (χ0) is 46.8. The van der Waals surface area contributed by atoms with Gasteiger partial charge in [-0.15, -0.1) is 0 Å². The highest BCUT2D eigenvalue weighted by Crippen LogP contribution is 2.26. The second-order valence-electron chi connectivity index (χ2n) is 18.0. The topological polar surface area (TPSA) is 231 Å². The summed E-state index contributed by atoms with van der Waals surface area (Å²) in [5.41, 5.74) is 0. The number of carbonyl (C=O) groups is 2. The Balaban J connectivity index is 1.82. The van der Waals surface area contributed by atoms with Gasteiger partial charge in [-0.3, -0.25) is 9.59 Å². The number of carbonyl (C=O) groups excluding carboxylic acids is 2. The van der Waals surface area contributed by atoms with Gasteiger partial charge in [-0.05, 0) is 38.5 Å². The van der Waals surface area contributed by atoms with Crippen LogP contribution in [0.1, 0.15) is 194 Å². The standard InChI is InChI=1S/C49H90O15/c1-3-5-7-9-11-13-15-17-18-20-22-24-26-28-30-32-41(52)62-37(34-59-40(51)31-29-27-25-23-21-19-16-14-12-10-8-6-4-2)35-60-48-47(58)45(56)43(54)39(64-48)36-61-49-46(57)44(55)42(53)38(33-50)63-49/h17-18,37-39,42-50,53-58H,3-16,19-36H2,1-2H3/b18-17-. The minimum atomic E-state index is -1.76. The number of rotatable bonds is 39. The van der Waals surface area contributed by atoms with Crippen molar-refractivity contribution in [3.8, 4) is 0 Å². The highest BCUT2D eigenvalue weighted by Gasteiger charge is 2.47. The summed E-state index contributed by atoms with van der Waals surface area (Å²) in [6.45, 7) is 2.58. The predicted molar refractivity (Wildman–Crippen MR) is 243 cm³/mol. The maximum atomic E-state index is 13.0. The van der Waals surface area contributed by atoms with Crippen LogP contribution < -0.4 is 0 Å². The van der Waals surface area contributed by atoms with E-state index in [0.717, 1.165) is 57.8 Å². The van der Waals surface area contributed by atoms with Crippen molar-refractivity contribution in [1.29, 1.82) is 0 Å². The Bertz CT molecular complexity index is 1170. The van der Waals surface area contributed by atoms with Gasteiger partial charge in [0.25, 0.3) is 0 Å². The average Bonchev–Trinajstić information content (AvgIpc) is 3.29. The Morgan fingerprint density at radius 3 is 1.38 bits per heavy atom. The van der Waals surface area contributed by atoms with Crippen molar-refractivity contribution in [2.75, 3.05) is 26.4 Å². The SMILES string of the molecule is CCCCCCCC/C=C\CCCCCCCC(=O)OC(COC(=O)CCCCCCCCCCCCCCC)COC1OC(COC2OC(CO)C(O)C(O)C2O)C(O)C(O)C1O. The van der Waals surface area contributed by atoms with Gasteiger partial charge in [0.05, 0.1) is 19.8 Å². The lowest BCUT2D eigenvalue weighted by atomic mass is 9.98. The van der Waals surface area contributed by atoms with E-state index in [2.05, 4.69) is 26.0 Å². The van der Waals surface area contributed by atoms with Crippen LogP contribution in [0.2, 0.25) is 0 Å². The van der Waals surface area contributed by atoms with Crippen LogP contribution in [0, 0.1) is 0 Å². The molecule has 0 aromatic carbocycles. The second kappa shape index (κ2) is 37.2. The summed E-state index contributed by atoms with van der Waals surface area (Å²) >= 11 is 0. The molecule has 0 aromatic heterocycles. The third-order valence-electron chi connectivity index (χ3n) is 12.2. The fourth-order valence-corrected chi connectivity index (χ4v) is 8.04. The number of allylic oxidation sites excluding steroid dienone is 2. The van der Waals surface area contributed by atoms with Crippen LogP contribution in [0.15, 0.2) is 12.2 Å².